The Morgan fingerprint density at radius 1 is 0.867 bits per heavy atom. The van der Waals surface area contributed by atoms with Gasteiger partial charge in [-0.05, 0) is 24.4 Å². The van der Waals surface area contributed by atoms with Gasteiger partial charge in [0.25, 0.3) is 11.8 Å². The lowest BCUT2D eigenvalue weighted by molar-refractivity contribution is -0.137. The van der Waals surface area contributed by atoms with Crippen molar-refractivity contribution in [2.24, 2.45) is 0 Å². The van der Waals surface area contributed by atoms with Gasteiger partial charge in [-0.2, -0.15) is 0 Å². The number of nitrogens with zero attached hydrogens (tertiary/aromatic N) is 3. The molecule has 2 amide bonds. The Morgan fingerprint density at radius 2 is 1.53 bits per heavy atom. The summed E-state index contributed by atoms with van der Waals surface area (Å²) in [6.45, 7) is 9.48. The molecule has 0 saturated carbocycles. The van der Waals surface area contributed by atoms with Crippen LogP contribution in [-0.4, -0.2) is 65.8 Å². The van der Waals surface area contributed by atoms with E-state index < -0.39 is 0 Å². The minimum absolute atomic E-state index is 0.0868. The lowest BCUT2D eigenvalue weighted by atomic mass is 10.1. The van der Waals surface area contributed by atoms with Crippen LogP contribution in [0.2, 0.25) is 0 Å². The summed E-state index contributed by atoms with van der Waals surface area (Å²) in [6.07, 6.45) is 9.65. The highest BCUT2D eigenvalue weighted by Gasteiger charge is 2.42. The molecule has 2 aliphatic heterocycles. The van der Waals surface area contributed by atoms with Gasteiger partial charge in [-0.3, -0.25) is 14.5 Å². The van der Waals surface area contributed by atoms with E-state index >= 15 is 0 Å². The van der Waals surface area contributed by atoms with Crippen molar-refractivity contribution in [1.82, 2.24) is 14.7 Å². The zero-order valence-corrected chi connectivity index (χ0v) is 19.5. The summed E-state index contributed by atoms with van der Waals surface area (Å²) in [4.78, 5) is 33.5. The molecular formula is C24H37N3O2S. The van der Waals surface area contributed by atoms with E-state index in [0.29, 0.717) is 17.8 Å². The van der Waals surface area contributed by atoms with Crippen LogP contribution in [0, 0.1) is 0 Å². The molecule has 1 fully saturated rings. The first-order valence-electron chi connectivity index (χ1n) is 11.8. The molecule has 5 nitrogen and oxygen atoms in total. The number of likely N-dealkylation sites (N-methyl/N-ethyl adjacent to an activating group) is 1. The summed E-state index contributed by atoms with van der Waals surface area (Å²) in [6, 6.07) is 3.92. The molecule has 0 N–H and O–H groups in total. The third-order valence-electron chi connectivity index (χ3n) is 6.28. The number of imide groups is 1. The second-order valence-corrected chi connectivity index (χ2v) is 9.31. The van der Waals surface area contributed by atoms with Gasteiger partial charge in [-0.1, -0.05) is 64.9 Å². The van der Waals surface area contributed by atoms with Gasteiger partial charge in [0.2, 0.25) is 0 Å². The molecule has 166 valence electrons. The Labute approximate surface area is 185 Å². The lowest BCUT2D eigenvalue weighted by Gasteiger charge is -2.35. The fraction of sp³-hybridized carbons (Fsp3) is 0.667. The smallest absolute Gasteiger partial charge is 0.277 e. The summed E-state index contributed by atoms with van der Waals surface area (Å²) < 4.78 is 0. The van der Waals surface area contributed by atoms with Crippen LogP contribution in [0.15, 0.2) is 23.2 Å². The van der Waals surface area contributed by atoms with E-state index in [1.807, 2.05) is 17.5 Å². The number of carbonyl (C=O) groups excluding carboxylic acids is 2. The van der Waals surface area contributed by atoms with Crippen molar-refractivity contribution in [2.45, 2.75) is 65.2 Å². The molecule has 6 heteroatoms. The summed E-state index contributed by atoms with van der Waals surface area (Å²) >= 11 is 1.55. The van der Waals surface area contributed by atoms with Crippen LogP contribution in [0.4, 0.5) is 0 Å². The molecule has 0 unspecified atom stereocenters. The van der Waals surface area contributed by atoms with Gasteiger partial charge in [-0.25, -0.2) is 0 Å². The highest BCUT2D eigenvalue weighted by atomic mass is 32.1. The Hall–Kier alpha value is -1.66. The van der Waals surface area contributed by atoms with E-state index in [-0.39, 0.29) is 11.8 Å². The minimum Gasteiger partial charge on any atom is -0.364 e. The molecule has 0 bridgehead atoms. The standard InChI is InChI=1S/C24H37N3O2S/c1-3-5-6-7-8-9-10-11-14-27-23(28)21(20-13-12-19-30-20)22(24(27)29)26-17-15-25(4-2)16-18-26/h12-13,19H,3-11,14-18H2,1-2H3. The van der Waals surface area contributed by atoms with Crippen molar-refractivity contribution >= 4 is 28.7 Å². The van der Waals surface area contributed by atoms with Crippen LogP contribution in [0.1, 0.15) is 70.1 Å². The molecule has 1 aromatic rings. The minimum atomic E-state index is -0.0988. The number of rotatable bonds is 12. The number of hydrogen-bond acceptors (Lipinski definition) is 5. The second kappa shape index (κ2) is 11.7. The molecule has 0 aliphatic carbocycles. The first-order valence-corrected chi connectivity index (χ1v) is 12.7. The zero-order chi connectivity index (χ0) is 21.3. The Balaban J connectivity index is 1.61. The maximum absolute atomic E-state index is 13.3. The van der Waals surface area contributed by atoms with Gasteiger partial charge >= 0.3 is 0 Å². The Morgan fingerprint density at radius 3 is 2.13 bits per heavy atom. The van der Waals surface area contributed by atoms with E-state index in [1.54, 1.807) is 11.3 Å². The average molecular weight is 432 g/mol. The number of piperazine rings is 1. The van der Waals surface area contributed by atoms with Crippen molar-refractivity contribution < 1.29 is 9.59 Å². The van der Waals surface area contributed by atoms with Crippen LogP contribution in [0.5, 0.6) is 0 Å². The molecule has 30 heavy (non-hydrogen) atoms. The number of hydrogen-bond donors (Lipinski definition) is 0. The summed E-state index contributed by atoms with van der Waals surface area (Å²) in [5.41, 5.74) is 1.26. The summed E-state index contributed by atoms with van der Waals surface area (Å²) in [5, 5.41) is 1.98. The van der Waals surface area contributed by atoms with E-state index in [4.69, 9.17) is 0 Å². The number of unbranched alkanes of at least 4 members (excludes halogenated alkanes) is 7. The largest absolute Gasteiger partial charge is 0.364 e. The maximum atomic E-state index is 13.3. The number of amides is 2. The van der Waals surface area contributed by atoms with E-state index in [9.17, 15) is 9.59 Å². The molecule has 1 saturated heterocycles. The predicted octanol–water partition coefficient (Wildman–Crippen LogP) is 4.61. The van der Waals surface area contributed by atoms with Crippen LogP contribution < -0.4 is 0 Å². The monoisotopic (exact) mass is 431 g/mol. The third kappa shape index (κ3) is 5.52. The molecule has 0 spiro atoms. The fourth-order valence-corrected chi connectivity index (χ4v) is 5.16. The zero-order valence-electron chi connectivity index (χ0n) is 18.7. The number of carbonyl (C=O) groups is 2. The summed E-state index contributed by atoms with van der Waals surface area (Å²) in [7, 11) is 0. The van der Waals surface area contributed by atoms with Crippen LogP contribution in [0.25, 0.3) is 5.57 Å². The first-order chi connectivity index (χ1) is 14.7. The van der Waals surface area contributed by atoms with Crippen molar-refractivity contribution in [3.8, 4) is 0 Å². The normalized spacial score (nSPS) is 18.2. The predicted molar refractivity (Wildman–Crippen MR) is 124 cm³/mol. The van der Waals surface area contributed by atoms with Gasteiger partial charge < -0.3 is 9.80 Å². The van der Waals surface area contributed by atoms with Crippen molar-refractivity contribution in [2.75, 3.05) is 39.3 Å². The van der Waals surface area contributed by atoms with Gasteiger partial charge in [0.15, 0.2) is 0 Å². The van der Waals surface area contributed by atoms with Crippen LogP contribution in [-0.2, 0) is 9.59 Å². The Bertz CT molecular complexity index is 721. The van der Waals surface area contributed by atoms with Gasteiger partial charge in [0, 0.05) is 37.6 Å². The van der Waals surface area contributed by atoms with Gasteiger partial charge in [0.05, 0.1) is 5.57 Å². The molecule has 0 radical (unpaired) electrons. The topological polar surface area (TPSA) is 43.9 Å². The molecule has 3 rings (SSSR count). The van der Waals surface area contributed by atoms with E-state index in [2.05, 4.69) is 23.6 Å². The SMILES string of the molecule is CCCCCCCCCCN1C(=O)C(c2cccs2)=C(N2CCN(CC)CC2)C1=O. The average Bonchev–Trinajstić information content (AvgIpc) is 3.37. The first kappa shape index (κ1) is 23.0. The molecule has 0 atom stereocenters. The van der Waals surface area contributed by atoms with Gasteiger partial charge in [-0.15, -0.1) is 11.3 Å². The van der Waals surface area contributed by atoms with Crippen molar-refractivity contribution in [1.29, 1.82) is 0 Å². The summed E-state index contributed by atoms with van der Waals surface area (Å²) in [5.74, 6) is -0.186. The number of thiophene rings is 1. The van der Waals surface area contributed by atoms with Crippen molar-refractivity contribution in [3.63, 3.8) is 0 Å². The highest BCUT2D eigenvalue weighted by molar-refractivity contribution is 7.11. The van der Waals surface area contributed by atoms with Gasteiger partial charge in [0.1, 0.15) is 5.70 Å². The van der Waals surface area contributed by atoms with Crippen LogP contribution >= 0.6 is 11.3 Å². The van der Waals surface area contributed by atoms with Crippen molar-refractivity contribution in [3.05, 3.63) is 28.1 Å². The molecule has 3 heterocycles. The molecule has 2 aliphatic rings. The Kier molecular flexibility index (Phi) is 8.94. The third-order valence-corrected chi connectivity index (χ3v) is 7.17. The molecular weight excluding hydrogens is 394 g/mol. The van der Waals surface area contributed by atoms with Crippen LogP contribution in [0.3, 0.4) is 0 Å². The van der Waals surface area contributed by atoms with E-state index in [0.717, 1.165) is 50.4 Å². The lowest BCUT2D eigenvalue weighted by Crippen LogP contribution is -2.47. The molecule has 0 aromatic carbocycles. The maximum Gasteiger partial charge on any atom is 0.277 e. The highest BCUT2D eigenvalue weighted by Crippen LogP contribution is 2.34. The second-order valence-electron chi connectivity index (χ2n) is 8.36. The fourth-order valence-electron chi connectivity index (χ4n) is 4.39. The quantitative estimate of drug-likeness (QED) is 0.358. The van der Waals surface area contributed by atoms with E-state index in [1.165, 1.54) is 43.4 Å². The molecule has 1 aromatic heterocycles.